The van der Waals surface area contributed by atoms with Gasteiger partial charge in [0.05, 0.1) is 4.90 Å². The molecule has 6 nitrogen and oxygen atoms in total. The Morgan fingerprint density at radius 3 is 2.50 bits per heavy atom. The molecule has 9 heteroatoms. The summed E-state index contributed by atoms with van der Waals surface area (Å²) in [6, 6.07) is 11.3. The Kier molecular flexibility index (Phi) is 4.44. The molecule has 0 amide bonds. The van der Waals surface area contributed by atoms with Crippen LogP contribution in [0.5, 0.6) is 0 Å². The Bertz CT molecular complexity index is 1040. The number of aromatic amines is 1. The molecule has 2 N–H and O–H groups in total. The fraction of sp³-hybridized carbons (Fsp3) is 0.0667. The van der Waals surface area contributed by atoms with E-state index in [9.17, 15) is 8.42 Å². The van der Waals surface area contributed by atoms with Gasteiger partial charge in [-0.1, -0.05) is 11.6 Å². The minimum Gasteiger partial charge on any atom is -0.280 e. The highest BCUT2D eigenvalue weighted by Gasteiger charge is 2.14. The van der Waals surface area contributed by atoms with Crippen molar-refractivity contribution in [2.24, 2.45) is 0 Å². The highest BCUT2D eigenvalue weighted by atomic mass is 35.5. The molecule has 0 aliphatic rings. The topological polar surface area (TPSA) is 79.8 Å². The van der Waals surface area contributed by atoms with Crippen molar-refractivity contribution in [1.29, 1.82) is 0 Å². The van der Waals surface area contributed by atoms with Crippen molar-refractivity contribution in [2.45, 2.75) is 11.8 Å². The Morgan fingerprint density at radius 1 is 1.21 bits per heavy atom. The second-order valence-electron chi connectivity index (χ2n) is 5.09. The van der Waals surface area contributed by atoms with Crippen LogP contribution in [0, 0.1) is 11.7 Å². The largest absolute Gasteiger partial charge is 0.280 e. The molecule has 0 bridgehead atoms. The Labute approximate surface area is 149 Å². The van der Waals surface area contributed by atoms with Crippen molar-refractivity contribution >= 4 is 39.5 Å². The molecular formula is C15H13ClN4O2S2. The molecule has 0 spiro atoms. The zero-order valence-corrected chi connectivity index (χ0v) is 14.9. The van der Waals surface area contributed by atoms with Crippen molar-refractivity contribution in [3.05, 3.63) is 64.1 Å². The average Bonchev–Trinajstić information content (AvgIpc) is 2.97. The lowest BCUT2D eigenvalue weighted by molar-refractivity contribution is 0.601. The summed E-state index contributed by atoms with van der Waals surface area (Å²) in [6.07, 6.45) is 1.53. The van der Waals surface area contributed by atoms with Crippen LogP contribution in [0.1, 0.15) is 5.56 Å². The number of anilines is 1. The van der Waals surface area contributed by atoms with Gasteiger partial charge in [0.2, 0.25) is 0 Å². The maximum atomic E-state index is 12.5. The number of nitrogens with one attached hydrogen (secondary N) is 2. The molecule has 24 heavy (non-hydrogen) atoms. The summed E-state index contributed by atoms with van der Waals surface area (Å²) in [5.74, 6) is 0. The number of rotatable bonds is 4. The molecule has 0 aliphatic heterocycles. The Balaban J connectivity index is 1.88. The van der Waals surface area contributed by atoms with Crippen LogP contribution in [-0.4, -0.2) is 23.2 Å². The molecule has 2 aromatic carbocycles. The first-order chi connectivity index (χ1) is 11.4. The SMILES string of the molecule is Cc1cc(NS(=O)(=O)c2ccc(-n3cn[nH]c3=S)cc2)ccc1Cl. The van der Waals surface area contributed by atoms with Gasteiger partial charge < -0.3 is 0 Å². The minimum atomic E-state index is -3.69. The molecule has 124 valence electrons. The smallest absolute Gasteiger partial charge is 0.261 e. The lowest BCUT2D eigenvalue weighted by Crippen LogP contribution is -2.13. The van der Waals surface area contributed by atoms with Crippen LogP contribution in [-0.2, 0) is 10.0 Å². The van der Waals surface area contributed by atoms with Gasteiger partial charge in [0, 0.05) is 16.4 Å². The molecule has 1 aromatic heterocycles. The first-order valence-electron chi connectivity index (χ1n) is 6.88. The third-order valence-corrected chi connectivity index (χ3v) is 5.50. The van der Waals surface area contributed by atoms with Crippen LogP contribution in [0.3, 0.4) is 0 Å². The van der Waals surface area contributed by atoms with Crippen LogP contribution in [0.4, 0.5) is 5.69 Å². The maximum Gasteiger partial charge on any atom is 0.261 e. The monoisotopic (exact) mass is 380 g/mol. The predicted molar refractivity (Wildman–Crippen MR) is 95.7 cm³/mol. The molecule has 0 aliphatic carbocycles. The standard InChI is InChI=1S/C15H13ClN4O2S2/c1-10-8-11(2-7-14(10)16)19-24(21,22)13-5-3-12(4-6-13)20-9-17-18-15(20)23/h2-9,19H,1H3,(H,18,23). The third kappa shape index (κ3) is 3.35. The van der Waals surface area contributed by atoms with Crippen molar-refractivity contribution < 1.29 is 8.42 Å². The van der Waals surface area contributed by atoms with Crippen molar-refractivity contribution in [1.82, 2.24) is 14.8 Å². The number of aryl methyl sites for hydroxylation is 1. The summed E-state index contributed by atoms with van der Waals surface area (Å²) in [5.41, 5.74) is 1.97. The van der Waals surface area contributed by atoms with E-state index in [1.807, 2.05) is 6.92 Å². The van der Waals surface area contributed by atoms with Crippen molar-refractivity contribution in [2.75, 3.05) is 4.72 Å². The number of hydrogen-bond donors (Lipinski definition) is 2. The summed E-state index contributed by atoms with van der Waals surface area (Å²) >= 11 is 11.0. The molecule has 0 saturated heterocycles. The second-order valence-corrected chi connectivity index (χ2v) is 7.57. The van der Waals surface area contributed by atoms with Crippen LogP contribution >= 0.6 is 23.8 Å². The van der Waals surface area contributed by atoms with Gasteiger partial charge in [-0.3, -0.25) is 14.4 Å². The van der Waals surface area contributed by atoms with Gasteiger partial charge in [-0.15, -0.1) is 0 Å². The summed E-state index contributed by atoms with van der Waals surface area (Å²) in [4.78, 5) is 0.147. The van der Waals surface area contributed by atoms with E-state index in [2.05, 4.69) is 14.9 Å². The molecular weight excluding hydrogens is 368 g/mol. The maximum absolute atomic E-state index is 12.5. The van der Waals surface area contributed by atoms with Gasteiger partial charge in [0.15, 0.2) is 4.77 Å². The Morgan fingerprint density at radius 2 is 1.92 bits per heavy atom. The molecule has 3 aromatic rings. The molecule has 0 radical (unpaired) electrons. The zero-order valence-electron chi connectivity index (χ0n) is 12.5. The lowest BCUT2D eigenvalue weighted by atomic mass is 10.2. The number of benzene rings is 2. The fourth-order valence-corrected chi connectivity index (χ4v) is 3.51. The molecule has 0 saturated carbocycles. The molecule has 3 rings (SSSR count). The van der Waals surface area contributed by atoms with Crippen LogP contribution < -0.4 is 4.72 Å². The second kappa shape index (κ2) is 6.39. The average molecular weight is 381 g/mol. The van der Waals surface area contributed by atoms with E-state index in [0.717, 1.165) is 11.3 Å². The molecule has 0 atom stereocenters. The van der Waals surface area contributed by atoms with Gasteiger partial charge in [-0.25, -0.2) is 8.42 Å². The summed E-state index contributed by atoms with van der Waals surface area (Å²) < 4.78 is 29.6. The predicted octanol–water partition coefficient (Wildman–Crippen LogP) is 3.69. The van der Waals surface area contributed by atoms with Gasteiger partial charge in [-0.2, -0.15) is 5.10 Å². The summed E-state index contributed by atoms with van der Waals surface area (Å²) in [6.45, 7) is 1.81. The van der Waals surface area contributed by atoms with Crippen LogP contribution in [0.25, 0.3) is 5.69 Å². The summed E-state index contributed by atoms with van der Waals surface area (Å²) in [5, 5.41) is 7.06. The number of halogens is 1. The number of H-pyrrole nitrogens is 1. The van der Waals surface area contributed by atoms with E-state index < -0.39 is 10.0 Å². The molecule has 1 heterocycles. The number of sulfonamides is 1. The van der Waals surface area contributed by atoms with Gasteiger partial charge in [0.25, 0.3) is 10.0 Å². The summed E-state index contributed by atoms with van der Waals surface area (Å²) in [7, 11) is -3.69. The first kappa shape index (κ1) is 16.7. The van der Waals surface area contributed by atoms with E-state index >= 15 is 0 Å². The minimum absolute atomic E-state index is 0.147. The number of aromatic nitrogens is 3. The van der Waals surface area contributed by atoms with E-state index in [1.54, 1.807) is 34.9 Å². The van der Waals surface area contributed by atoms with Gasteiger partial charge in [-0.05, 0) is 67.2 Å². The normalized spacial score (nSPS) is 11.4. The molecule has 0 fully saturated rings. The van der Waals surface area contributed by atoms with E-state index in [-0.39, 0.29) is 4.90 Å². The third-order valence-electron chi connectivity index (χ3n) is 3.39. The Hall–Kier alpha value is -2.16. The fourth-order valence-electron chi connectivity index (χ4n) is 2.14. The highest BCUT2D eigenvalue weighted by Crippen LogP contribution is 2.22. The number of hydrogen-bond acceptors (Lipinski definition) is 4. The van der Waals surface area contributed by atoms with E-state index in [0.29, 0.717) is 15.5 Å². The number of nitrogens with zero attached hydrogens (tertiary/aromatic N) is 2. The zero-order chi connectivity index (χ0) is 17.3. The quantitative estimate of drug-likeness (QED) is 0.676. The van der Waals surface area contributed by atoms with Crippen molar-refractivity contribution in [3.8, 4) is 5.69 Å². The van der Waals surface area contributed by atoms with Crippen LogP contribution in [0.2, 0.25) is 5.02 Å². The van der Waals surface area contributed by atoms with E-state index in [4.69, 9.17) is 23.8 Å². The molecule has 0 unspecified atom stereocenters. The lowest BCUT2D eigenvalue weighted by Gasteiger charge is -2.10. The van der Waals surface area contributed by atoms with E-state index in [1.165, 1.54) is 18.5 Å². The van der Waals surface area contributed by atoms with Gasteiger partial charge in [0.1, 0.15) is 6.33 Å². The first-order valence-corrected chi connectivity index (χ1v) is 9.15. The van der Waals surface area contributed by atoms with Gasteiger partial charge >= 0.3 is 0 Å². The van der Waals surface area contributed by atoms with Crippen LogP contribution in [0.15, 0.2) is 53.7 Å². The van der Waals surface area contributed by atoms with Crippen molar-refractivity contribution in [3.63, 3.8) is 0 Å². The highest BCUT2D eigenvalue weighted by molar-refractivity contribution is 7.92.